The van der Waals surface area contributed by atoms with Crippen LogP contribution < -0.4 is 10.1 Å². The fraction of sp³-hybridized carbons (Fsp3) is 0.217. The smallest absolute Gasteiger partial charge is 0.230 e. The van der Waals surface area contributed by atoms with Crippen molar-refractivity contribution >= 4 is 34.3 Å². The molecule has 0 aliphatic heterocycles. The molecule has 0 saturated heterocycles. The fourth-order valence-corrected chi connectivity index (χ4v) is 4.12. The van der Waals surface area contributed by atoms with E-state index in [1.54, 1.807) is 12.3 Å². The van der Waals surface area contributed by atoms with Gasteiger partial charge in [-0.25, -0.2) is 4.98 Å². The van der Waals surface area contributed by atoms with Crippen molar-refractivity contribution in [2.75, 3.05) is 31.7 Å². The Labute approximate surface area is 180 Å². The van der Waals surface area contributed by atoms with Crippen LogP contribution in [-0.4, -0.2) is 46.2 Å². The van der Waals surface area contributed by atoms with Gasteiger partial charge in [0.2, 0.25) is 11.8 Å². The maximum atomic E-state index is 5.96. The van der Waals surface area contributed by atoms with E-state index in [9.17, 15) is 0 Å². The number of rotatable bonds is 8. The number of aryl methyl sites for hydroxylation is 1. The van der Waals surface area contributed by atoms with Crippen molar-refractivity contribution in [1.82, 2.24) is 19.9 Å². The lowest BCUT2D eigenvalue weighted by Gasteiger charge is -2.10. The maximum Gasteiger partial charge on any atom is 0.230 e. The Balaban J connectivity index is 1.44. The molecule has 0 amide bonds. The lowest BCUT2D eigenvalue weighted by atomic mass is 10.2. The Morgan fingerprint density at radius 2 is 2.00 bits per heavy atom. The molecule has 2 aromatic heterocycles. The van der Waals surface area contributed by atoms with E-state index in [2.05, 4.69) is 57.5 Å². The number of benzene rings is 2. The summed E-state index contributed by atoms with van der Waals surface area (Å²) in [5, 5.41) is 4.38. The van der Waals surface area contributed by atoms with Gasteiger partial charge in [-0.15, -0.1) is 11.8 Å². The molecule has 0 bridgehead atoms. The summed E-state index contributed by atoms with van der Waals surface area (Å²) in [4.78, 5) is 15.5. The van der Waals surface area contributed by atoms with Gasteiger partial charge in [0.1, 0.15) is 5.75 Å². The molecule has 0 radical (unpaired) electrons. The van der Waals surface area contributed by atoms with E-state index < -0.39 is 0 Å². The van der Waals surface area contributed by atoms with E-state index in [0.717, 1.165) is 40.3 Å². The second-order valence-corrected chi connectivity index (χ2v) is 8.49. The van der Waals surface area contributed by atoms with Gasteiger partial charge in [0.15, 0.2) is 0 Å². The number of thioether (sulfide) groups is 1. The number of ether oxygens (including phenoxy) is 1. The normalized spacial score (nSPS) is 11.2. The predicted octanol–water partition coefficient (Wildman–Crippen LogP) is 5.46. The van der Waals surface area contributed by atoms with Crippen LogP contribution in [0.25, 0.3) is 10.9 Å². The zero-order chi connectivity index (χ0) is 20.9. The summed E-state index contributed by atoms with van der Waals surface area (Å²) in [7, 11) is 4.17. The number of nitrogens with one attached hydrogen (secondary N) is 2. The number of hydrogen-bond acceptors (Lipinski definition) is 6. The lowest BCUT2D eigenvalue weighted by molar-refractivity contribution is 0.437. The van der Waals surface area contributed by atoms with Gasteiger partial charge in [0, 0.05) is 51.7 Å². The molecule has 30 heavy (non-hydrogen) atoms. The van der Waals surface area contributed by atoms with Crippen LogP contribution >= 0.6 is 11.8 Å². The first-order chi connectivity index (χ1) is 14.5. The van der Waals surface area contributed by atoms with Gasteiger partial charge in [0.05, 0.1) is 0 Å². The molecule has 0 fully saturated rings. The number of hydrogen-bond donors (Lipinski definition) is 2. The lowest BCUT2D eigenvalue weighted by Crippen LogP contribution is -2.14. The summed E-state index contributed by atoms with van der Waals surface area (Å²) in [5.74, 6) is 2.78. The standard InChI is InChI=1S/C23H25N5OS/c1-16-13-17-14-19(7-8-21(17)25-16)29-22-9-10-24-23(27-22)26-18-5-4-6-20(15-18)30-12-11-28(2)3/h4-10,13-15,25H,11-12H2,1-3H3,(H,24,26,27). The van der Waals surface area contributed by atoms with Gasteiger partial charge in [-0.2, -0.15) is 4.98 Å². The SMILES string of the molecule is Cc1cc2cc(Oc3ccnc(Nc4cccc(SCCN(C)C)c4)n3)ccc2[nH]1. The summed E-state index contributed by atoms with van der Waals surface area (Å²) >= 11 is 1.83. The average Bonchev–Trinajstić information content (AvgIpc) is 3.08. The first-order valence-corrected chi connectivity index (χ1v) is 10.8. The van der Waals surface area contributed by atoms with Gasteiger partial charge in [-0.05, 0) is 63.5 Å². The van der Waals surface area contributed by atoms with Crippen LogP contribution in [0.1, 0.15) is 5.69 Å². The Hall–Kier alpha value is -3.03. The van der Waals surface area contributed by atoms with E-state index >= 15 is 0 Å². The minimum absolute atomic E-state index is 0.496. The number of H-pyrrole nitrogens is 1. The quantitative estimate of drug-likeness (QED) is 0.370. The van der Waals surface area contributed by atoms with E-state index in [4.69, 9.17) is 4.74 Å². The van der Waals surface area contributed by atoms with Crippen LogP contribution in [0, 0.1) is 6.92 Å². The number of aromatic amines is 1. The van der Waals surface area contributed by atoms with Gasteiger partial charge in [-0.1, -0.05) is 6.07 Å². The summed E-state index contributed by atoms with van der Waals surface area (Å²) in [6.45, 7) is 3.08. The van der Waals surface area contributed by atoms with Crippen LogP contribution in [0.15, 0.2) is 65.7 Å². The largest absolute Gasteiger partial charge is 0.439 e. The summed E-state index contributed by atoms with van der Waals surface area (Å²) in [6.07, 6.45) is 1.69. The Morgan fingerprint density at radius 3 is 2.87 bits per heavy atom. The van der Waals surface area contributed by atoms with Crippen molar-refractivity contribution in [3.05, 3.63) is 66.5 Å². The zero-order valence-corrected chi connectivity index (χ0v) is 18.2. The van der Waals surface area contributed by atoms with Crippen molar-refractivity contribution in [3.8, 4) is 11.6 Å². The highest BCUT2D eigenvalue weighted by Gasteiger charge is 2.06. The molecule has 2 aromatic carbocycles. The summed E-state index contributed by atoms with van der Waals surface area (Å²) in [5.41, 5.74) is 3.16. The minimum Gasteiger partial charge on any atom is -0.439 e. The third-order valence-corrected chi connectivity index (χ3v) is 5.45. The van der Waals surface area contributed by atoms with E-state index in [-0.39, 0.29) is 0 Å². The molecular formula is C23H25N5OS. The van der Waals surface area contributed by atoms with Crippen molar-refractivity contribution in [2.24, 2.45) is 0 Å². The topological polar surface area (TPSA) is 66.1 Å². The van der Waals surface area contributed by atoms with Crippen molar-refractivity contribution in [3.63, 3.8) is 0 Å². The zero-order valence-electron chi connectivity index (χ0n) is 17.3. The van der Waals surface area contributed by atoms with Crippen molar-refractivity contribution < 1.29 is 4.74 Å². The van der Waals surface area contributed by atoms with Crippen LogP contribution in [-0.2, 0) is 0 Å². The third kappa shape index (κ3) is 5.31. The number of aromatic nitrogens is 3. The molecule has 0 aliphatic rings. The molecule has 4 aromatic rings. The molecule has 0 spiro atoms. The molecule has 6 nitrogen and oxygen atoms in total. The Bertz CT molecular complexity index is 1140. The number of nitrogens with zero attached hydrogens (tertiary/aromatic N) is 3. The van der Waals surface area contributed by atoms with E-state index in [1.165, 1.54) is 4.90 Å². The first-order valence-electron chi connectivity index (χ1n) is 9.80. The van der Waals surface area contributed by atoms with Crippen LogP contribution in [0.3, 0.4) is 0 Å². The molecule has 4 rings (SSSR count). The minimum atomic E-state index is 0.496. The van der Waals surface area contributed by atoms with E-state index in [1.807, 2.05) is 49.0 Å². The molecule has 154 valence electrons. The Kier molecular flexibility index (Phi) is 6.21. The van der Waals surface area contributed by atoms with Crippen LogP contribution in [0.2, 0.25) is 0 Å². The summed E-state index contributed by atoms with van der Waals surface area (Å²) in [6, 6.07) is 18.1. The summed E-state index contributed by atoms with van der Waals surface area (Å²) < 4.78 is 5.96. The number of fused-ring (bicyclic) bond motifs is 1. The number of anilines is 2. The molecule has 0 unspecified atom stereocenters. The monoisotopic (exact) mass is 419 g/mol. The molecule has 0 saturated carbocycles. The average molecular weight is 420 g/mol. The molecular weight excluding hydrogens is 394 g/mol. The van der Waals surface area contributed by atoms with Crippen LogP contribution in [0.5, 0.6) is 11.6 Å². The molecule has 0 aliphatic carbocycles. The van der Waals surface area contributed by atoms with Crippen molar-refractivity contribution in [1.29, 1.82) is 0 Å². The second kappa shape index (κ2) is 9.19. The second-order valence-electron chi connectivity index (χ2n) is 7.33. The highest BCUT2D eigenvalue weighted by molar-refractivity contribution is 7.99. The molecule has 0 atom stereocenters. The highest BCUT2D eigenvalue weighted by Crippen LogP contribution is 2.27. The van der Waals surface area contributed by atoms with Gasteiger partial charge < -0.3 is 19.9 Å². The fourth-order valence-electron chi connectivity index (χ4n) is 3.04. The predicted molar refractivity (Wildman–Crippen MR) is 124 cm³/mol. The molecule has 2 heterocycles. The Morgan fingerprint density at radius 1 is 1.10 bits per heavy atom. The maximum absolute atomic E-state index is 5.96. The first kappa shape index (κ1) is 20.3. The third-order valence-electron chi connectivity index (χ3n) is 4.48. The highest BCUT2D eigenvalue weighted by atomic mass is 32.2. The van der Waals surface area contributed by atoms with Crippen molar-refractivity contribution in [2.45, 2.75) is 11.8 Å². The molecule has 7 heteroatoms. The molecule has 2 N–H and O–H groups in total. The van der Waals surface area contributed by atoms with Gasteiger partial charge in [-0.3, -0.25) is 0 Å². The van der Waals surface area contributed by atoms with Gasteiger partial charge >= 0.3 is 0 Å². The van der Waals surface area contributed by atoms with E-state index in [0.29, 0.717) is 11.8 Å². The van der Waals surface area contributed by atoms with Gasteiger partial charge in [0.25, 0.3) is 0 Å². The van der Waals surface area contributed by atoms with Crippen LogP contribution in [0.4, 0.5) is 11.6 Å².